The van der Waals surface area contributed by atoms with Crippen molar-refractivity contribution in [3.63, 3.8) is 0 Å². The molecule has 0 unspecified atom stereocenters. The van der Waals surface area contributed by atoms with Crippen molar-refractivity contribution in [2.24, 2.45) is 0 Å². The van der Waals surface area contributed by atoms with Crippen LogP contribution in [-0.4, -0.2) is 57.1 Å². The van der Waals surface area contributed by atoms with Gasteiger partial charge in [0, 0.05) is 13.1 Å². The highest BCUT2D eigenvalue weighted by atomic mass is 32.2. The molecule has 0 saturated carbocycles. The lowest BCUT2D eigenvalue weighted by Gasteiger charge is -2.33. The van der Waals surface area contributed by atoms with E-state index < -0.39 is 22.0 Å². The largest absolute Gasteiger partial charge is 0.355 e. The van der Waals surface area contributed by atoms with E-state index in [4.69, 9.17) is 0 Å². The Hall–Kier alpha value is -2.87. The van der Waals surface area contributed by atoms with Gasteiger partial charge in [0.1, 0.15) is 12.6 Å². The molecular formula is C27H39N3O4S. The minimum Gasteiger partial charge on any atom is -0.355 e. The summed E-state index contributed by atoms with van der Waals surface area (Å²) in [5.41, 5.74) is 2.43. The Morgan fingerprint density at radius 2 is 1.57 bits per heavy atom. The molecule has 35 heavy (non-hydrogen) atoms. The summed E-state index contributed by atoms with van der Waals surface area (Å²) >= 11 is 0. The monoisotopic (exact) mass is 501 g/mol. The second-order valence-corrected chi connectivity index (χ2v) is 11.6. The van der Waals surface area contributed by atoms with Crippen LogP contribution in [0.15, 0.2) is 54.6 Å². The van der Waals surface area contributed by atoms with E-state index in [-0.39, 0.29) is 17.9 Å². The summed E-state index contributed by atoms with van der Waals surface area (Å²) in [5.74, 6) is -0.652. The highest BCUT2D eigenvalue weighted by molar-refractivity contribution is 7.92. The molecule has 0 aliphatic heterocycles. The van der Waals surface area contributed by atoms with Gasteiger partial charge in [0.25, 0.3) is 0 Å². The van der Waals surface area contributed by atoms with Crippen molar-refractivity contribution >= 4 is 27.5 Å². The van der Waals surface area contributed by atoms with Gasteiger partial charge in [-0.2, -0.15) is 0 Å². The zero-order valence-electron chi connectivity index (χ0n) is 21.7. The molecule has 2 amide bonds. The number of anilines is 1. The molecule has 0 bridgehead atoms. The fourth-order valence-corrected chi connectivity index (χ4v) is 4.78. The van der Waals surface area contributed by atoms with Gasteiger partial charge in [-0.3, -0.25) is 13.9 Å². The molecule has 0 aromatic heterocycles. The van der Waals surface area contributed by atoms with Gasteiger partial charge < -0.3 is 10.2 Å². The summed E-state index contributed by atoms with van der Waals surface area (Å²) in [6.45, 7) is 10.3. The number of hydrogen-bond donors (Lipinski definition) is 1. The summed E-state index contributed by atoms with van der Waals surface area (Å²) in [6.07, 6.45) is 2.07. The second kappa shape index (κ2) is 12.2. The molecular weight excluding hydrogens is 462 g/mol. The number of sulfonamides is 1. The first-order chi connectivity index (χ1) is 16.4. The zero-order chi connectivity index (χ0) is 26.2. The highest BCUT2D eigenvalue weighted by Crippen LogP contribution is 2.26. The third-order valence-corrected chi connectivity index (χ3v) is 7.06. The minimum atomic E-state index is -3.74. The molecule has 7 nitrogen and oxygen atoms in total. The Balaban J connectivity index is 2.36. The van der Waals surface area contributed by atoms with E-state index in [0.717, 1.165) is 21.7 Å². The summed E-state index contributed by atoms with van der Waals surface area (Å²) in [5, 5.41) is 2.80. The van der Waals surface area contributed by atoms with E-state index in [1.54, 1.807) is 12.1 Å². The molecule has 8 heteroatoms. The molecule has 192 valence electrons. The maximum Gasteiger partial charge on any atom is 0.244 e. The maximum absolute atomic E-state index is 13.6. The first-order valence-electron chi connectivity index (χ1n) is 12.1. The summed E-state index contributed by atoms with van der Waals surface area (Å²) in [4.78, 5) is 27.9. The predicted molar refractivity (Wildman–Crippen MR) is 142 cm³/mol. The molecule has 2 aromatic carbocycles. The zero-order valence-corrected chi connectivity index (χ0v) is 22.6. The Morgan fingerprint density at radius 3 is 2.06 bits per heavy atom. The molecule has 0 fully saturated rings. The normalized spacial score (nSPS) is 12.6. The minimum absolute atomic E-state index is 0.0838. The topological polar surface area (TPSA) is 86.8 Å². The molecule has 1 N–H and O–H groups in total. The molecule has 2 rings (SSSR count). The van der Waals surface area contributed by atoms with E-state index in [1.807, 2.05) is 56.3 Å². The van der Waals surface area contributed by atoms with Gasteiger partial charge in [-0.25, -0.2) is 8.42 Å². The van der Waals surface area contributed by atoms with Crippen LogP contribution in [0.1, 0.15) is 52.2 Å². The van der Waals surface area contributed by atoms with Crippen LogP contribution >= 0.6 is 0 Å². The molecule has 0 saturated heterocycles. The van der Waals surface area contributed by atoms with Crippen molar-refractivity contribution < 1.29 is 18.0 Å². The number of likely N-dealkylation sites (N-methyl/N-ethyl adjacent to an activating group) is 1. The third kappa shape index (κ3) is 8.09. The van der Waals surface area contributed by atoms with Crippen LogP contribution in [0, 0.1) is 0 Å². The summed E-state index contributed by atoms with van der Waals surface area (Å²) < 4.78 is 26.5. The SMILES string of the molecule is CCNC(=O)[C@H](CC)N(CCc1ccccc1)C(=O)CN(c1ccc(C(C)(C)C)cc1)S(C)(=O)=O. The fraction of sp³-hybridized carbons (Fsp3) is 0.481. The van der Waals surface area contributed by atoms with Crippen molar-refractivity contribution in [1.29, 1.82) is 0 Å². The van der Waals surface area contributed by atoms with Crippen molar-refractivity contribution in [3.05, 3.63) is 65.7 Å². The van der Waals surface area contributed by atoms with Crippen LogP contribution in [0.3, 0.4) is 0 Å². The van der Waals surface area contributed by atoms with Crippen molar-refractivity contribution in [2.45, 2.75) is 58.9 Å². The third-order valence-electron chi connectivity index (χ3n) is 5.92. The van der Waals surface area contributed by atoms with E-state index in [2.05, 4.69) is 26.1 Å². The van der Waals surface area contributed by atoms with Crippen LogP contribution < -0.4 is 9.62 Å². The summed E-state index contributed by atoms with van der Waals surface area (Å²) in [6, 6.07) is 16.2. The van der Waals surface area contributed by atoms with E-state index in [1.165, 1.54) is 4.90 Å². The van der Waals surface area contributed by atoms with E-state index in [9.17, 15) is 18.0 Å². The van der Waals surface area contributed by atoms with E-state index in [0.29, 0.717) is 31.6 Å². The van der Waals surface area contributed by atoms with Gasteiger partial charge in [-0.15, -0.1) is 0 Å². The Morgan fingerprint density at radius 1 is 0.971 bits per heavy atom. The number of nitrogens with zero attached hydrogens (tertiary/aromatic N) is 2. The molecule has 1 atom stereocenters. The average molecular weight is 502 g/mol. The van der Waals surface area contributed by atoms with Gasteiger partial charge >= 0.3 is 0 Å². The first-order valence-corrected chi connectivity index (χ1v) is 13.9. The lowest BCUT2D eigenvalue weighted by molar-refractivity contribution is -0.139. The van der Waals surface area contributed by atoms with Gasteiger partial charge in [-0.1, -0.05) is 70.2 Å². The number of rotatable bonds is 11. The molecule has 0 radical (unpaired) electrons. The highest BCUT2D eigenvalue weighted by Gasteiger charge is 2.31. The standard InChI is InChI=1S/C27H39N3O4S/c1-7-24(26(32)28-8-2)29(19-18-21-12-10-9-11-13-21)25(31)20-30(35(6,33)34)23-16-14-22(15-17-23)27(3,4)5/h9-17,24H,7-8,18-20H2,1-6H3,(H,28,32)/t24-/m0/s1. The molecule has 0 heterocycles. The number of hydrogen-bond acceptors (Lipinski definition) is 4. The molecule has 0 spiro atoms. The van der Waals surface area contributed by atoms with Crippen LogP contribution in [0.2, 0.25) is 0 Å². The number of carbonyl (C=O) groups excluding carboxylic acids is 2. The summed E-state index contributed by atoms with van der Waals surface area (Å²) in [7, 11) is -3.74. The fourth-order valence-electron chi connectivity index (χ4n) is 3.93. The number of carbonyl (C=O) groups is 2. The van der Waals surface area contributed by atoms with Gasteiger partial charge in [0.05, 0.1) is 11.9 Å². The quantitative estimate of drug-likeness (QED) is 0.508. The Kier molecular flexibility index (Phi) is 9.89. The first kappa shape index (κ1) is 28.4. The second-order valence-electron chi connectivity index (χ2n) is 9.71. The Labute approximate surface area is 210 Å². The average Bonchev–Trinajstić information content (AvgIpc) is 2.79. The Bertz CT molecular complexity index is 1080. The maximum atomic E-state index is 13.6. The van der Waals surface area contributed by atoms with Crippen LogP contribution in [0.5, 0.6) is 0 Å². The van der Waals surface area contributed by atoms with Crippen molar-refractivity contribution in [3.8, 4) is 0 Å². The van der Waals surface area contributed by atoms with Crippen molar-refractivity contribution in [2.75, 3.05) is 30.2 Å². The molecule has 2 aromatic rings. The number of amides is 2. The van der Waals surface area contributed by atoms with Gasteiger partial charge in [-0.05, 0) is 48.4 Å². The number of benzene rings is 2. The predicted octanol–water partition coefficient (Wildman–Crippen LogP) is 3.74. The van der Waals surface area contributed by atoms with Crippen LogP contribution in [0.25, 0.3) is 0 Å². The van der Waals surface area contributed by atoms with E-state index >= 15 is 0 Å². The van der Waals surface area contributed by atoms with Crippen molar-refractivity contribution in [1.82, 2.24) is 10.2 Å². The lowest BCUT2D eigenvalue weighted by atomic mass is 9.87. The molecule has 0 aliphatic rings. The number of nitrogens with one attached hydrogen (secondary N) is 1. The van der Waals surface area contributed by atoms with Crippen LogP contribution in [-0.2, 0) is 31.4 Å². The lowest BCUT2D eigenvalue weighted by Crippen LogP contribution is -2.53. The van der Waals surface area contributed by atoms with Crippen LogP contribution in [0.4, 0.5) is 5.69 Å². The molecule has 0 aliphatic carbocycles. The smallest absolute Gasteiger partial charge is 0.244 e. The van der Waals surface area contributed by atoms with Gasteiger partial charge in [0.2, 0.25) is 21.8 Å². The van der Waals surface area contributed by atoms with Gasteiger partial charge in [0.15, 0.2) is 0 Å².